The molecule has 0 aliphatic rings. The minimum Gasteiger partial charge on any atom is -0.398 e. The van der Waals surface area contributed by atoms with Crippen LogP contribution in [0.5, 0.6) is 0 Å². The van der Waals surface area contributed by atoms with Crippen LogP contribution in [0.1, 0.15) is 50.6 Å². The molecule has 3 aromatic rings. The average Bonchev–Trinajstić information content (AvgIpc) is 2.93. The molecule has 1 aromatic carbocycles. The number of imidazole rings is 1. The standard InChI is InChI=1S/C21H28N4/c1-15(2)21-19(25-13-18(22)10-11-20(25)23-21)14-24(16(3)4)12-17-8-6-5-7-9-17/h5-11,13,15-16H,12,14,22H2,1-4H3. The molecule has 0 aliphatic heterocycles. The van der Waals surface area contributed by atoms with E-state index < -0.39 is 0 Å². The van der Waals surface area contributed by atoms with Gasteiger partial charge in [-0.25, -0.2) is 4.98 Å². The summed E-state index contributed by atoms with van der Waals surface area (Å²) in [4.78, 5) is 7.33. The van der Waals surface area contributed by atoms with Crippen LogP contribution < -0.4 is 5.73 Å². The zero-order chi connectivity index (χ0) is 18.0. The van der Waals surface area contributed by atoms with Gasteiger partial charge in [0.25, 0.3) is 0 Å². The number of hydrogen-bond acceptors (Lipinski definition) is 3. The molecule has 4 heteroatoms. The summed E-state index contributed by atoms with van der Waals surface area (Å²) in [5, 5.41) is 0. The van der Waals surface area contributed by atoms with E-state index in [2.05, 4.69) is 67.3 Å². The Hall–Kier alpha value is -2.33. The summed E-state index contributed by atoms with van der Waals surface area (Å²) in [6, 6.07) is 15.0. The van der Waals surface area contributed by atoms with Crippen LogP contribution in [0.25, 0.3) is 5.65 Å². The third-order valence-corrected chi connectivity index (χ3v) is 4.63. The fourth-order valence-electron chi connectivity index (χ4n) is 3.18. The van der Waals surface area contributed by atoms with Crippen LogP contribution in [0.15, 0.2) is 48.7 Å². The third kappa shape index (κ3) is 3.85. The van der Waals surface area contributed by atoms with Gasteiger partial charge in [-0.15, -0.1) is 0 Å². The van der Waals surface area contributed by atoms with Gasteiger partial charge in [0.1, 0.15) is 5.65 Å². The zero-order valence-electron chi connectivity index (χ0n) is 15.6. The zero-order valence-corrected chi connectivity index (χ0v) is 15.6. The molecular weight excluding hydrogens is 308 g/mol. The van der Waals surface area contributed by atoms with Crippen LogP contribution in [0.4, 0.5) is 5.69 Å². The highest BCUT2D eigenvalue weighted by Gasteiger charge is 2.19. The van der Waals surface area contributed by atoms with Crippen LogP contribution in [-0.4, -0.2) is 20.3 Å². The van der Waals surface area contributed by atoms with E-state index >= 15 is 0 Å². The predicted molar refractivity (Wildman–Crippen MR) is 105 cm³/mol. The SMILES string of the molecule is CC(C)c1nc2ccc(N)cn2c1CN(Cc1ccccc1)C(C)C. The molecule has 2 heterocycles. The van der Waals surface area contributed by atoms with Crippen molar-refractivity contribution in [1.29, 1.82) is 0 Å². The van der Waals surface area contributed by atoms with E-state index in [-0.39, 0.29) is 0 Å². The summed E-state index contributed by atoms with van der Waals surface area (Å²) in [6.07, 6.45) is 1.99. The number of anilines is 1. The number of hydrogen-bond donors (Lipinski definition) is 1. The van der Waals surface area contributed by atoms with Gasteiger partial charge in [-0.1, -0.05) is 44.2 Å². The van der Waals surface area contributed by atoms with Gasteiger partial charge in [-0.2, -0.15) is 0 Å². The Morgan fingerprint density at radius 3 is 2.36 bits per heavy atom. The molecular formula is C21H28N4. The number of pyridine rings is 1. The molecule has 0 saturated heterocycles. The molecule has 0 saturated carbocycles. The monoisotopic (exact) mass is 336 g/mol. The number of benzene rings is 1. The number of rotatable bonds is 6. The highest BCUT2D eigenvalue weighted by molar-refractivity contribution is 5.50. The van der Waals surface area contributed by atoms with E-state index in [1.807, 2.05) is 18.3 Å². The Labute approximate surface area is 150 Å². The van der Waals surface area contributed by atoms with Crippen molar-refractivity contribution < 1.29 is 0 Å². The van der Waals surface area contributed by atoms with Crippen molar-refractivity contribution in [2.75, 3.05) is 5.73 Å². The van der Waals surface area contributed by atoms with Crippen molar-refractivity contribution in [1.82, 2.24) is 14.3 Å². The fraction of sp³-hybridized carbons (Fsp3) is 0.381. The van der Waals surface area contributed by atoms with Crippen molar-refractivity contribution in [3.63, 3.8) is 0 Å². The van der Waals surface area contributed by atoms with Gasteiger partial charge >= 0.3 is 0 Å². The van der Waals surface area contributed by atoms with E-state index in [1.165, 1.54) is 11.3 Å². The Balaban J connectivity index is 1.98. The van der Waals surface area contributed by atoms with E-state index in [9.17, 15) is 0 Å². The largest absolute Gasteiger partial charge is 0.398 e. The predicted octanol–water partition coefficient (Wildman–Crippen LogP) is 4.45. The van der Waals surface area contributed by atoms with Crippen LogP contribution in [0.2, 0.25) is 0 Å². The molecule has 0 amide bonds. The molecule has 4 nitrogen and oxygen atoms in total. The maximum absolute atomic E-state index is 6.03. The lowest BCUT2D eigenvalue weighted by Crippen LogP contribution is -2.30. The Morgan fingerprint density at radius 1 is 1.00 bits per heavy atom. The molecule has 0 bridgehead atoms. The second-order valence-corrected chi connectivity index (χ2v) is 7.27. The van der Waals surface area contributed by atoms with Crippen LogP contribution in [-0.2, 0) is 13.1 Å². The van der Waals surface area contributed by atoms with Crippen LogP contribution in [0.3, 0.4) is 0 Å². The molecule has 3 rings (SSSR count). The summed E-state index contributed by atoms with van der Waals surface area (Å²) < 4.78 is 2.16. The van der Waals surface area contributed by atoms with Gasteiger partial charge in [0.05, 0.1) is 11.4 Å². The first-order valence-electron chi connectivity index (χ1n) is 9.00. The number of nitrogen functional groups attached to an aromatic ring is 1. The van der Waals surface area contributed by atoms with Crippen LogP contribution in [0, 0.1) is 0 Å². The third-order valence-electron chi connectivity index (χ3n) is 4.63. The Kier molecular flexibility index (Phi) is 5.09. The molecule has 0 spiro atoms. The van der Waals surface area contributed by atoms with Crippen molar-refractivity contribution in [2.24, 2.45) is 0 Å². The van der Waals surface area contributed by atoms with Crippen molar-refractivity contribution in [3.05, 3.63) is 65.6 Å². The molecule has 132 valence electrons. The maximum Gasteiger partial charge on any atom is 0.137 e. The average molecular weight is 336 g/mol. The van der Waals surface area contributed by atoms with Gasteiger partial charge in [-0.05, 0) is 37.5 Å². The minimum absolute atomic E-state index is 0.377. The quantitative estimate of drug-likeness (QED) is 0.723. The summed E-state index contributed by atoms with van der Waals surface area (Å²) in [7, 11) is 0. The highest BCUT2D eigenvalue weighted by atomic mass is 15.2. The van der Waals surface area contributed by atoms with Gasteiger partial charge in [0.2, 0.25) is 0 Å². The van der Waals surface area contributed by atoms with E-state index in [0.29, 0.717) is 12.0 Å². The minimum atomic E-state index is 0.377. The van der Waals surface area contributed by atoms with E-state index in [0.717, 1.165) is 30.1 Å². The smallest absolute Gasteiger partial charge is 0.137 e. The fourth-order valence-corrected chi connectivity index (χ4v) is 3.18. The second-order valence-electron chi connectivity index (χ2n) is 7.27. The number of fused-ring (bicyclic) bond motifs is 1. The maximum atomic E-state index is 6.03. The Bertz CT molecular complexity index is 834. The molecule has 0 aliphatic carbocycles. The number of nitrogens with zero attached hydrogens (tertiary/aromatic N) is 3. The topological polar surface area (TPSA) is 46.6 Å². The highest BCUT2D eigenvalue weighted by Crippen LogP contribution is 2.24. The van der Waals surface area contributed by atoms with Crippen molar-refractivity contribution >= 4 is 11.3 Å². The first kappa shape index (κ1) is 17.5. The van der Waals surface area contributed by atoms with Crippen molar-refractivity contribution in [2.45, 2.75) is 52.7 Å². The summed E-state index contributed by atoms with van der Waals surface area (Å²) >= 11 is 0. The lowest BCUT2D eigenvalue weighted by Gasteiger charge is -2.27. The molecule has 0 fully saturated rings. The summed E-state index contributed by atoms with van der Waals surface area (Å²) in [5.41, 5.74) is 11.5. The van der Waals surface area contributed by atoms with E-state index in [1.54, 1.807) is 0 Å². The van der Waals surface area contributed by atoms with Crippen LogP contribution >= 0.6 is 0 Å². The first-order valence-corrected chi connectivity index (χ1v) is 9.00. The molecule has 2 aromatic heterocycles. The van der Waals surface area contributed by atoms with E-state index in [4.69, 9.17) is 10.7 Å². The lowest BCUT2D eigenvalue weighted by molar-refractivity contribution is 0.200. The summed E-state index contributed by atoms with van der Waals surface area (Å²) in [6.45, 7) is 10.7. The van der Waals surface area contributed by atoms with Gasteiger partial charge < -0.3 is 10.1 Å². The first-order chi connectivity index (χ1) is 12.0. The van der Waals surface area contributed by atoms with Crippen molar-refractivity contribution in [3.8, 4) is 0 Å². The number of aromatic nitrogens is 2. The molecule has 0 unspecified atom stereocenters. The Morgan fingerprint density at radius 2 is 1.72 bits per heavy atom. The second kappa shape index (κ2) is 7.28. The molecule has 25 heavy (non-hydrogen) atoms. The van der Waals surface area contributed by atoms with Gasteiger partial charge in [-0.3, -0.25) is 4.90 Å². The lowest BCUT2D eigenvalue weighted by atomic mass is 10.1. The number of nitrogens with two attached hydrogens (primary N) is 1. The normalized spacial score (nSPS) is 12.0. The molecule has 0 atom stereocenters. The molecule has 2 N–H and O–H groups in total. The van der Waals surface area contributed by atoms with Gasteiger partial charge in [0.15, 0.2) is 0 Å². The van der Waals surface area contributed by atoms with Gasteiger partial charge in [0, 0.05) is 31.0 Å². The summed E-state index contributed by atoms with van der Waals surface area (Å²) in [5.74, 6) is 0.377. The molecule has 0 radical (unpaired) electrons.